The zero-order valence-electron chi connectivity index (χ0n) is 11.7. The number of rotatable bonds is 9. The minimum absolute atomic E-state index is 0.0365. The zero-order chi connectivity index (χ0) is 13.9. The van der Waals surface area contributed by atoms with Gasteiger partial charge in [-0.15, -0.1) is 0 Å². The van der Waals surface area contributed by atoms with Gasteiger partial charge >= 0.3 is 0 Å². The highest BCUT2D eigenvalue weighted by atomic mass is 16.3. The zero-order valence-corrected chi connectivity index (χ0v) is 11.7. The van der Waals surface area contributed by atoms with E-state index in [1.54, 1.807) is 0 Å². The van der Waals surface area contributed by atoms with Crippen molar-refractivity contribution in [3.05, 3.63) is 47.5 Å². The van der Waals surface area contributed by atoms with Gasteiger partial charge in [-0.25, -0.2) is 0 Å². The molecule has 0 amide bonds. The molecular formula is C16H25NO2. The highest BCUT2D eigenvalue weighted by Gasteiger charge is 2.00. The third kappa shape index (κ3) is 7.78. The highest BCUT2D eigenvalue weighted by Crippen LogP contribution is 2.07. The Morgan fingerprint density at radius 1 is 1.32 bits per heavy atom. The monoisotopic (exact) mass is 263 g/mol. The molecular weight excluding hydrogens is 238 g/mol. The van der Waals surface area contributed by atoms with Crippen LogP contribution in [0.2, 0.25) is 0 Å². The van der Waals surface area contributed by atoms with Crippen LogP contribution in [-0.4, -0.2) is 36.0 Å². The summed E-state index contributed by atoms with van der Waals surface area (Å²) >= 11 is 0. The predicted octanol–water partition coefficient (Wildman–Crippen LogP) is 1.90. The van der Waals surface area contributed by atoms with Crippen molar-refractivity contribution in [2.75, 3.05) is 19.7 Å². The fourth-order valence-corrected chi connectivity index (χ4v) is 1.84. The van der Waals surface area contributed by atoms with E-state index >= 15 is 0 Å². The fourth-order valence-electron chi connectivity index (χ4n) is 1.84. The molecule has 0 fully saturated rings. The van der Waals surface area contributed by atoms with Gasteiger partial charge in [0.25, 0.3) is 0 Å². The van der Waals surface area contributed by atoms with Crippen LogP contribution in [0.15, 0.2) is 42.0 Å². The minimum Gasteiger partial charge on any atom is -0.396 e. The fraction of sp³-hybridized carbons (Fsp3) is 0.500. The first-order valence-corrected chi connectivity index (χ1v) is 6.91. The first kappa shape index (κ1) is 15.9. The molecule has 0 radical (unpaired) electrons. The van der Waals surface area contributed by atoms with Crippen LogP contribution in [0.1, 0.15) is 25.3 Å². The van der Waals surface area contributed by atoms with Gasteiger partial charge in [-0.1, -0.05) is 42.0 Å². The quantitative estimate of drug-likeness (QED) is 0.471. The molecule has 3 heteroatoms. The average Bonchev–Trinajstić information content (AvgIpc) is 2.43. The summed E-state index contributed by atoms with van der Waals surface area (Å²) in [7, 11) is 0. The van der Waals surface area contributed by atoms with Crippen molar-refractivity contribution in [1.82, 2.24) is 5.32 Å². The van der Waals surface area contributed by atoms with Crippen LogP contribution >= 0.6 is 0 Å². The normalized spacial score (nSPS) is 13.5. The van der Waals surface area contributed by atoms with E-state index in [1.807, 2.05) is 6.07 Å². The maximum atomic E-state index is 9.42. The molecule has 3 N–H and O–H groups in total. The summed E-state index contributed by atoms with van der Waals surface area (Å²) in [4.78, 5) is 0. The van der Waals surface area contributed by atoms with E-state index in [-0.39, 0.29) is 6.61 Å². The second kappa shape index (κ2) is 9.73. The number of allylic oxidation sites excluding steroid dienone is 1. The van der Waals surface area contributed by atoms with E-state index in [9.17, 15) is 5.11 Å². The lowest BCUT2D eigenvalue weighted by molar-refractivity contribution is 0.132. The van der Waals surface area contributed by atoms with Crippen molar-refractivity contribution in [2.24, 2.45) is 0 Å². The number of nitrogens with one attached hydrogen (secondary N) is 1. The lowest BCUT2D eigenvalue weighted by Crippen LogP contribution is -2.27. The van der Waals surface area contributed by atoms with Gasteiger partial charge in [-0.05, 0) is 31.7 Å². The molecule has 0 aliphatic carbocycles. The maximum Gasteiger partial charge on any atom is 0.0686 e. The van der Waals surface area contributed by atoms with Crippen LogP contribution in [-0.2, 0) is 6.42 Å². The Labute approximate surface area is 116 Å². The van der Waals surface area contributed by atoms with E-state index in [0.717, 1.165) is 19.4 Å². The van der Waals surface area contributed by atoms with Gasteiger partial charge < -0.3 is 15.5 Å². The smallest absolute Gasteiger partial charge is 0.0686 e. The molecule has 0 aromatic heterocycles. The molecule has 3 nitrogen and oxygen atoms in total. The SMILES string of the molecule is C/C(=C\CNCC(O)CCO)CCc1ccccc1. The van der Waals surface area contributed by atoms with Crippen LogP contribution in [0.4, 0.5) is 0 Å². The van der Waals surface area contributed by atoms with Crippen LogP contribution in [0, 0.1) is 0 Å². The van der Waals surface area contributed by atoms with E-state index < -0.39 is 6.10 Å². The van der Waals surface area contributed by atoms with Crippen molar-refractivity contribution < 1.29 is 10.2 Å². The maximum absolute atomic E-state index is 9.42. The van der Waals surface area contributed by atoms with Gasteiger partial charge in [0.05, 0.1) is 6.10 Å². The predicted molar refractivity (Wildman–Crippen MR) is 79.1 cm³/mol. The van der Waals surface area contributed by atoms with E-state index in [2.05, 4.69) is 42.6 Å². The van der Waals surface area contributed by atoms with Crippen LogP contribution < -0.4 is 5.32 Å². The number of aryl methyl sites for hydroxylation is 1. The molecule has 0 spiro atoms. The number of hydrogen-bond donors (Lipinski definition) is 3. The molecule has 0 bridgehead atoms. The second-order valence-corrected chi connectivity index (χ2v) is 4.86. The minimum atomic E-state index is -0.456. The van der Waals surface area contributed by atoms with Crippen LogP contribution in [0.25, 0.3) is 0 Å². The van der Waals surface area contributed by atoms with Crippen molar-refractivity contribution in [3.8, 4) is 0 Å². The molecule has 0 saturated heterocycles. The summed E-state index contributed by atoms with van der Waals surface area (Å²) in [6.07, 6.45) is 4.27. The van der Waals surface area contributed by atoms with Gasteiger partial charge in [-0.2, -0.15) is 0 Å². The van der Waals surface area contributed by atoms with Crippen molar-refractivity contribution in [3.63, 3.8) is 0 Å². The molecule has 1 unspecified atom stereocenters. The first-order valence-electron chi connectivity index (χ1n) is 6.91. The third-order valence-electron chi connectivity index (χ3n) is 3.09. The Kier molecular flexibility index (Phi) is 8.14. The van der Waals surface area contributed by atoms with Crippen molar-refractivity contribution in [2.45, 2.75) is 32.3 Å². The molecule has 0 aliphatic rings. The van der Waals surface area contributed by atoms with Crippen LogP contribution in [0.3, 0.4) is 0 Å². The Morgan fingerprint density at radius 2 is 2.05 bits per heavy atom. The average molecular weight is 263 g/mol. The van der Waals surface area contributed by atoms with E-state index in [4.69, 9.17) is 5.11 Å². The van der Waals surface area contributed by atoms with Crippen LogP contribution in [0.5, 0.6) is 0 Å². The van der Waals surface area contributed by atoms with Gasteiger partial charge in [0.2, 0.25) is 0 Å². The molecule has 1 atom stereocenters. The van der Waals surface area contributed by atoms with E-state index in [0.29, 0.717) is 13.0 Å². The lowest BCUT2D eigenvalue weighted by Gasteiger charge is -2.09. The molecule has 0 saturated carbocycles. The number of aliphatic hydroxyl groups is 2. The summed E-state index contributed by atoms with van der Waals surface area (Å²) in [5, 5.41) is 21.2. The highest BCUT2D eigenvalue weighted by molar-refractivity contribution is 5.16. The van der Waals surface area contributed by atoms with Gasteiger partial charge in [0, 0.05) is 19.7 Å². The van der Waals surface area contributed by atoms with Gasteiger partial charge in [-0.3, -0.25) is 0 Å². The Balaban J connectivity index is 2.15. The molecule has 1 aromatic carbocycles. The first-order chi connectivity index (χ1) is 9.22. The number of hydrogen-bond acceptors (Lipinski definition) is 3. The summed E-state index contributed by atoms with van der Waals surface area (Å²) < 4.78 is 0. The topological polar surface area (TPSA) is 52.5 Å². The van der Waals surface area contributed by atoms with Gasteiger partial charge in [0.1, 0.15) is 0 Å². The molecule has 1 aromatic rings. The molecule has 19 heavy (non-hydrogen) atoms. The van der Waals surface area contributed by atoms with Crippen molar-refractivity contribution >= 4 is 0 Å². The summed E-state index contributed by atoms with van der Waals surface area (Å²) in [6.45, 7) is 3.47. The van der Waals surface area contributed by atoms with E-state index in [1.165, 1.54) is 11.1 Å². The van der Waals surface area contributed by atoms with Crippen molar-refractivity contribution in [1.29, 1.82) is 0 Å². The Bertz CT molecular complexity index is 362. The molecule has 0 heterocycles. The largest absolute Gasteiger partial charge is 0.396 e. The Morgan fingerprint density at radius 3 is 2.74 bits per heavy atom. The molecule has 106 valence electrons. The summed E-state index contributed by atoms with van der Waals surface area (Å²) in [5.41, 5.74) is 2.72. The third-order valence-corrected chi connectivity index (χ3v) is 3.09. The molecule has 1 rings (SSSR count). The number of aliphatic hydroxyl groups excluding tert-OH is 2. The van der Waals surface area contributed by atoms with Gasteiger partial charge in [0.15, 0.2) is 0 Å². The standard InChI is InChI=1S/C16H25NO2/c1-14(7-8-15-5-3-2-4-6-15)9-11-17-13-16(19)10-12-18/h2-6,9,16-19H,7-8,10-13H2,1H3/b14-9+. The Hall–Kier alpha value is -1.16. The second-order valence-electron chi connectivity index (χ2n) is 4.86. The summed E-state index contributed by atoms with van der Waals surface area (Å²) in [5.74, 6) is 0. The lowest BCUT2D eigenvalue weighted by atomic mass is 10.1. The number of benzene rings is 1. The molecule has 0 aliphatic heterocycles. The summed E-state index contributed by atoms with van der Waals surface area (Å²) in [6, 6.07) is 10.5.